The number of nitrogens with zero attached hydrogens (tertiary/aromatic N) is 2. The van der Waals surface area contributed by atoms with Crippen molar-refractivity contribution in [2.75, 3.05) is 18.0 Å². The van der Waals surface area contributed by atoms with Crippen molar-refractivity contribution in [3.05, 3.63) is 45.6 Å². The van der Waals surface area contributed by atoms with E-state index in [1.54, 1.807) is 6.08 Å². The molecular formula is C16H20N2O2. The smallest absolute Gasteiger partial charge is 0.235 e. The molecule has 0 radical (unpaired) electrons. The normalized spacial score (nSPS) is 19.5. The van der Waals surface area contributed by atoms with E-state index in [2.05, 4.69) is 17.0 Å². The topological polar surface area (TPSA) is 46.4 Å². The molecule has 0 spiro atoms. The summed E-state index contributed by atoms with van der Waals surface area (Å²) in [5, 5.41) is 10.5. The summed E-state index contributed by atoms with van der Waals surface area (Å²) in [6, 6.07) is 6.40. The van der Waals surface area contributed by atoms with Gasteiger partial charge in [0.2, 0.25) is 6.20 Å². The van der Waals surface area contributed by atoms with Crippen LogP contribution in [-0.2, 0) is 0 Å². The molecule has 0 bridgehead atoms. The molecule has 0 N–H and O–H groups in total. The van der Waals surface area contributed by atoms with E-state index in [0.29, 0.717) is 5.92 Å². The molecule has 20 heavy (non-hydrogen) atoms. The molecule has 1 aliphatic carbocycles. The maximum atomic E-state index is 10.5. The molecule has 3 rings (SSSR count). The van der Waals surface area contributed by atoms with Gasteiger partial charge in [-0.05, 0) is 61.3 Å². The van der Waals surface area contributed by atoms with Crippen molar-refractivity contribution in [3.8, 4) is 0 Å². The molecule has 1 aromatic rings. The zero-order valence-corrected chi connectivity index (χ0v) is 11.6. The number of piperidine rings is 1. The van der Waals surface area contributed by atoms with Crippen LogP contribution in [0.5, 0.6) is 0 Å². The van der Waals surface area contributed by atoms with Crippen molar-refractivity contribution in [1.82, 2.24) is 0 Å². The molecular weight excluding hydrogens is 252 g/mol. The lowest BCUT2D eigenvalue weighted by Crippen LogP contribution is -2.29. The summed E-state index contributed by atoms with van der Waals surface area (Å²) >= 11 is 0. The van der Waals surface area contributed by atoms with Crippen LogP contribution in [0.15, 0.2) is 24.4 Å². The third kappa shape index (κ3) is 3.00. The molecule has 2 fully saturated rings. The van der Waals surface area contributed by atoms with Gasteiger partial charge >= 0.3 is 0 Å². The number of anilines is 1. The summed E-state index contributed by atoms with van der Waals surface area (Å²) in [5.74, 6) is 0.603. The standard InChI is InChI=1S/C16H20N2O2/c19-18(20)11-8-14-6-7-15(12-16(14)13-4-5-13)17-9-2-1-3-10-17/h6-8,11-13H,1-5,9-10H2/b11-8+. The van der Waals surface area contributed by atoms with Gasteiger partial charge in [-0.2, -0.15) is 0 Å². The van der Waals surface area contributed by atoms with Crippen molar-refractivity contribution >= 4 is 11.8 Å². The van der Waals surface area contributed by atoms with Crippen LogP contribution in [0.2, 0.25) is 0 Å². The van der Waals surface area contributed by atoms with Gasteiger partial charge in [0.15, 0.2) is 0 Å². The maximum Gasteiger partial charge on any atom is 0.235 e. The molecule has 0 atom stereocenters. The fourth-order valence-corrected chi connectivity index (χ4v) is 2.95. The van der Waals surface area contributed by atoms with Gasteiger partial charge in [-0.25, -0.2) is 0 Å². The molecule has 1 heterocycles. The summed E-state index contributed by atoms with van der Waals surface area (Å²) < 4.78 is 0. The first-order valence-corrected chi connectivity index (χ1v) is 7.44. The Labute approximate surface area is 119 Å². The second-order valence-electron chi connectivity index (χ2n) is 5.74. The molecule has 1 saturated carbocycles. The van der Waals surface area contributed by atoms with Crippen LogP contribution in [0.3, 0.4) is 0 Å². The van der Waals surface area contributed by atoms with Gasteiger partial charge in [0.05, 0.1) is 4.92 Å². The second kappa shape index (κ2) is 5.65. The zero-order chi connectivity index (χ0) is 13.9. The lowest BCUT2D eigenvalue weighted by molar-refractivity contribution is -0.400. The lowest BCUT2D eigenvalue weighted by Gasteiger charge is -2.29. The highest BCUT2D eigenvalue weighted by molar-refractivity contribution is 5.61. The molecule has 4 nitrogen and oxygen atoms in total. The van der Waals surface area contributed by atoms with Crippen LogP contribution in [0.25, 0.3) is 6.08 Å². The van der Waals surface area contributed by atoms with E-state index in [1.807, 2.05) is 6.07 Å². The monoisotopic (exact) mass is 272 g/mol. The Hall–Kier alpha value is -1.84. The predicted octanol–water partition coefficient (Wildman–Crippen LogP) is 3.80. The highest BCUT2D eigenvalue weighted by Crippen LogP contribution is 2.43. The van der Waals surface area contributed by atoms with E-state index in [1.165, 1.54) is 43.4 Å². The van der Waals surface area contributed by atoms with Gasteiger partial charge in [0.1, 0.15) is 0 Å². The first-order chi connectivity index (χ1) is 9.74. The maximum absolute atomic E-state index is 10.5. The Morgan fingerprint density at radius 1 is 1.20 bits per heavy atom. The van der Waals surface area contributed by atoms with Gasteiger partial charge in [-0.15, -0.1) is 0 Å². The summed E-state index contributed by atoms with van der Waals surface area (Å²) in [5.41, 5.74) is 3.57. The molecule has 0 amide bonds. The quantitative estimate of drug-likeness (QED) is 0.618. The van der Waals surface area contributed by atoms with Crippen molar-refractivity contribution in [2.24, 2.45) is 0 Å². The molecule has 0 unspecified atom stereocenters. The molecule has 1 saturated heterocycles. The Kier molecular flexibility index (Phi) is 3.72. The van der Waals surface area contributed by atoms with Crippen LogP contribution >= 0.6 is 0 Å². The number of hydrogen-bond donors (Lipinski definition) is 0. The van der Waals surface area contributed by atoms with E-state index in [9.17, 15) is 10.1 Å². The number of rotatable bonds is 4. The Bertz CT molecular complexity index is 529. The second-order valence-corrected chi connectivity index (χ2v) is 5.74. The Morgan fingerprint density at radius 2 is 1.95 bits per heavy atom. The van der Waals surface area contributed by atoms with Gasteiger partial charge in [-0.3, -0.25) is 10.1 Å². The van der Waals surface area contributed by atoms with Gasteiger partial charge in [-0.1, -0.05) is 6.07 Å². The van der Waals surface area contributed by atoms with E-state index >= 15 is 0 Å². The van der Waals surface area contributed by atoms with Crippen LogP contribution in [0, 0.1) is 10.1 Å². The minimum atomic E-state index is -0.394. The van der Waals surface area contributed by atoms with Crippen LogP contribution in [-0.4, -0.2) is 18.0 Å². The van der Waals surface area contributed by atoms with Crippen LogP contribution in [0.1, 0.15) is 49.1 Å². The van der Waals surface area contributed by atoms with Crippen molar-refractivity contribution < 1.29 is 4.92 Å². The fraction of sp³-hybridized carbons (Fsp3) is 0.500. The molecule has 2 aliphatic rings. The van der Waals surface area contributed by atoms with Crippen molar-refractivity contribution in [1.29, 1.82) is 0 Å². The molecule has 4 heteroatoms. The van der Waals surface area contributed by atoms with Gasteiger partial charge in [0, 0.05) is 24.9 Å². The largest absolute Gasteiger partial charge is 0.372 e. The Balaban J connectivity index is 1.87. The summed E-state index contributed by atoms with van der Waals surface area (Å²) in [7, 11) is 0. The van der Waals surface area contributed by atoms with Crippen LogP contribution in [0.4, 0.5) is 5.69 Å². The number of nitro groups is 1. The fourth-order valence-electron chi connectivity index (χ4n) is 2.95. The number of benzene rings is 1. The van der Waals surface area contributed by atoms with Gasteiger partial charge < -0.3 is 4.90 Å². The van der Waals surface area contributed by atoms with Crippen molar-refractivity contribution in [2.45, 2.75) is 38.0 Å². The number of hydrogen-bond acceptors (Lipinski definition) is 3. The third-order valence-electron chi connectivity index (χ3n) is 4.18. The summed E-state index contributed by atoms with van der Waals surface area (Å²) in [6.07, 6.45) is 8.96. The SMILES string of the molecule is O=[N+]([O-])/C=C/c1ccc(N2CCCCC2)cc1C1CC1. The van der Waals surface area contributed by atoms with E-state index in [0.717, 1.165) is 24.9 Å². The molecule has 1 aromatic carbocycles. The highest BCUT2D eigenvalue weighted by Gasteiger charge is 2.26. The van der Waals surface area contributed by atoms with E-state index < -0.39 is 4.92 Å². The third-order valence-corrected chi connectivity index (χ3v) is 4.18. The summed E-state index contributed by atoms with van der Waals surface area (Å²) in [6.45, 7) is 2.27. The minimum Gasteiger partial charge on any atom is -0.372 e. The average molecular weight is 272 g/mol. The minimum absolute atomic E-state index is 0.394. The Morgan fingerprint density at radius 3 is 2.60 bits per heavy atom. The average Bonchev–Trinajstić information content (AvgIpc) is 3.30. The first-order valence-electron chi connectivity index (χ1n) is 7.44. The summed E-state index contributed by atoms with van der Waals surface area (Å²) in [4.78, 5) is 12.5. The van der Waals surface area contributed by atoms with E-state index in [-0.39, 0.29) is 0 Å². The molecule has 106 valence electrons. The predicted molar refractivity (Wildman–Crippen MR) is 80.5 cm³/mol. The van der Waals surface area contributed by atoms with Crippen LogP contribution < -0.4 is 4.90 Å². The van der Waals surface area contributed by atoms with E-state index in [4.69, 9.17) is 0 Å². The highest BCUT2D eigenvalue weighted by atomic mass is 16.6. The molecule has 0 aromatic heterocycles. The van der Waals surface area contributed by atoms with Crippen molar-refractivity contribution in [3.63, 3.8) is 0 Å². The van der Waals surface area contributed by atoms with Gasteiger partial charge in [0.25, 0.3) is 0 Å². The first kappa shape index (κ1) is 13.2. The zero-order valence-electron chi connectivity index (χ0n) is 11.6. The molecule has 1 aliphatic heterocycles. The lowest BCUT2D eigenvalue weighted by atomic mass is 10.0.